The number of hydrogen-bond acceptors (Lipinski definition) is 3. The largest absolute Gasteiger partial charge is 0.496 e. The summed E-state index contributed by atoms with van der Waals surface area (Å²) >= 11 is 0. The van der Waals surface area contributed by atoms with Gasteiger partial charge in [-0.25, -0.2) is 0 Å². The summed E-state index contributed by atoms with van der Waals surface area (Å²) in [6.07, 6.45) is -5.73. The van der Waals surface area contributed by atoms with Crippen molar-refractivity contribution in [3.8, 4) is 5.75 Å². The second-order valence-electron chi connectivity index (χ2n) is 5.04. The zero-order valence-corrected chi connectivity index (χ0v) is 12.6. The van der Waals surface area contributed by atoms with Crippen LogP contribution in [0.4, 0.5) is 13.2 Å². The summed E-state index contributed by atoms with van der Waals surface area (Å²) in [6.45, 7) is 0.389. The van der Waals surface area contributed by atoms with Gasteiger partial charge in [0.05, 0.1) is 18.8 Å². The molecule has 0 aliphatic rings. The standard InChI is InChI=1S/C17H18F3NO2/c1-23-16-9-5-2-6-12(16)10-21-11-15(22)13-7-3-4-8-14(13)17(18,19)20/h2-9,15,21-22H,10-11H2,1H3. The van der Waals surface area contributed by atoms with Crippen LogP contribution in [0, 0.1) is 0 Å². The Morgan fingerprint density at radius 1 is 1.09 bits per heavy atom. The lowest BCUT2D eigenvalue weighted by molar-refractivity contribution is -0.139. The number of aliphatic hydroxyl groups is 1. The number of ether oxygens (including phenoxy) is 1. The van der Waals surface area contributed by atoms with Gasteiger partial charge < -0.3 is 15.2 Å². The van der Waals surface area contributed by atoms with Crippen LogP contribution in [-0.4, -0.2) is 18.8 Å². The number of aliphatic hydroxyl groups excluding tert-OH is 1. The summed E-state index contributed by atoms with van der Waals surface area (Å²) in [5.41, 5.74) is -0.0783. The van der Waals surface area contributed by atoms with E-state index < -0.39 is 17.8 Å². The molecule has 2 N–H and O–H groups in total. The first kappa shape index (κ1) is 17.3. The highest BCUT2D eigenvalue weighted by Crippen LogP contribution is 2.34. The molecular weight excluding hydrogens is 307 g/mol. The van der Waals surface area contributed by atoms with Crippen molar-refractivity contribution in [2.75, 3.05) is 13.7 Å². The van der Waals surface area contributed by atoms with Crippen LogP contribution in [0.5, 0.6) is 5.75 Å². The van der Waals surface area contributed by atoms with Crippen molar-refractivity contribution >= 4 is 0 Å². The zero-order chi connectivity index (χ0) is 16.9. The van der Waals surface area contributed by atoms with Gasteiger partial charge >= 0.3 is 6.18 Å². The van der Waals surface area contributed by atoms with Gasteiger partial charge in [-0.3, -0.25) is 0 Å². The van der Waals surface area contributed by atoms with Crippen LogP contribution in [0.15, 0.2) is 48.5 Å². The first-order valence-electron chi connectivity index (χ1n) is 7.10. The minimum atomic E-state index is -4.49. The van der Waals surface area contributed by atoms with Gasteiger partial charge in [0.2, 0.25) is 0 Å². The normalized spacial score (nSPS) is 12.9. The van der Waals surface area contributed by atoms with Crippen molar-refractivity contribution in [2.24, 2.45) is 0 Å². The summed E-state index contributed by atoms with van der Waals surface area (Å²) in [5, 5.41) is 13.0. The van der Waals surface area contributed by atoms with Crippen molar-refractivity contribution in [2.45, 2.75) is 18.8 Å². The topological polar surface area (TPSA) is 41.5 Å². The molecule has 0 spiro atoms. The summed E-state index contributed by atoms with van der Waals surface area (Å²) in [7, 11) is 1.55. The molecule has 0 aliphatic heterocycles. The minimum absolute atomic E-state index is 0.00510. The van der Waals surface area contributed by atoms with Crippen molar-refractivity contribution in [1.82, 2.24) is 5.32 Å². The van der Waals surface area contributed by atoms with E-state index in [2.05, 4.69) is 5.32 Å². The van der Waals surface area contributed by atoms with Gasteiger partial charge in [0.1, 0.15) is 5.75 Å². The van der Waals surface area contributed by atoms with Gasteiger partial charge in [-0.1, -0.05) is 36.4 Å². The molecule has 0 radical (unpaired) electrons. The Morgan fingerprint density at radius 3 is 2.43 bits per heavy atom. The fourth-order valence-corrected chi connectivity index (χ4v) is 2.35. The summed E-state index contributed by atoms with van der Waals surface area (Å²) in [6, 6.07) is 12.4. The molecular formula is C17H18F3NO2. The predicted octanol–water partition coefficient (Wildman–Crippen LogP) is 3.54. The molecule has 124 valence electrons. The Kier molecular flexibility index (Phi) is 5.63. The maximum Gasteiger partial charge on any atom is 0.416 e. The lowest BCUT2D eigenvalue weighted by Crippen LogP contribution is -2.23. The van der Waals surface area contributed by atoms with Gasteiger partial charge in [-0.05, 0) is 17.7 Å². The third kappa shape index (κ3) is 4.46. The van der Waals surface area contributed by atoms with Crippen LogP contribution in [0.2, 0.25) is 0 Å². The van der Waals surface area contributed by atoms with Crippen molar-refractivity contribution in [3.05, 3.63) is 65.2 Å². The van der Waals surface area contributed by atoms with Gasteiger partial charge in [-0.15, -0.1) is 0 Å². The molecule has 0 amide bonds. The molecule has 23 heavy (non-hydrogen) atoms. The molecule has 0 fully saturated rings. The van der Waals surface area contributed by atoms with E-state index in [4.69, 9.17) is 4.74 Å². The highest BCUT2D eigenvalue weighted by Gasteiger charge is 2.34. The lowest BCUT2D eigenvalue weighted by atomic mass is 10.0. The molecule has 0 aromatic heterocycles. The van der Waals surface area contributed by atoms with Crippen LogP contribution in [0.1, 0.15) is 22.8 Å². The summed E-state index contributed by atoms with van der Waals surface area (Å²) in [5.74, 6) is 0.685. The van der Waals surface area contributed by atoms with Crippen molar-refractivity contribution in [1.29, 1.82) is 0 Å². The predicted molar refractivity (Wildman–Crippen MR) is 81.1 cm³/mol. The molecule has 0 saturated carbocycles. The number of methoxy groups -OCH3 is 1. The van der Waals surface area contributed by atoms with Gasteiger partial charge in [0, 0.05) is 18.7 Å². The fourth-order valence-electron chi connectivity index (χ4n) is 2.35. The Bertz CT molecular complexity index is 644. The van der Waals surface area contributed by atoms with E-state index in [1.54, 1.807) is 13.2 Å². The van der Waals surface area contributed by atoms with Crippen LogP contribution in [0.3, 0.4) is 0 Å². The Labute approximate surface area is 132 Å². The van der Waals surface area contributed by atoms with Gasteiger partial charge in [-0.2, -0.15) is 13.2 Å². The smallest absolute Gasteiger partial charge is 0.416 e. The van der Waals surface area contributed by atoms with E-state index in [1.165, 1.54) is 18.2 Å². The second kappa shape index (κ2) is 7.48. The lowest BCUT2D eigenvalue weighted by Gasteiger charge is -2.18. The van der Waals surface area contributed by atoms with E-state index >= 15 is 0 Å². The Hall–Kier alpha value is -2.05. The zero-order valence-electron chi connectivity index (χ0n) is 12.6. The van der Waals surface area contributed by atoms with E-state index in [0.29, 0.717) is 12.3 Å². The first-order chi connectivity index (χ1) is 10.9. The molecule has 1 atom stereocenters. The van der Waals surface area contributed by atoms with Crippen molar-refractivity contribution < 1.29 is 23.0 Å². The molecule has 0 heterocycles. The Balaban J connectivity index is 2.02. The second-order valence-corrected chi connectivity index (χ2v) is 5.04. The number of benzene rings is 2. The minimum Gasteiger partial charge on any atom is -0.496 e. The van der Waals surface area contributed by atoms with E-state index in [-0.39, 0.29) is 12.1 Å². The quantitative estimate of drug-likeness (QED) is 0.854. The monoisotopic (exact) mass is 325 g/mol. The average Bonchev–Trinajstić information content (AvgIpc) is 2.54. The van der Waals surface area contributed by atoms with Crippen LogP contribution in [0.25, 0.3) is 0 Å². The van der Waals surface area contributed by atoms with Gasteiger partial charge in [0.25, 0.3) is 0 Å². The SMILES string of the molecule is COc1ccccc1CNCC(O)c1ccccc1C(F)(F)F. The highest BCUT2D eigenvalue weighted by molar-refractivity contribution is 5.33. The summed E-state index contributed by atoms with van der Waals surface area (Å²) < 4.78 is 44.0. The first-order valence-corrected chi connectivity index (χ1v) is 7.10. The molecule has 0 aliphatic carbocycles. The van der Waals surface area contributed by atoms with Crippen LogP contribution < -0.4 is 10.1 Å². The summed E-state index contributed by atoms with van der Waals surface area (Å²) in [4.78, 5) is 0. The van der Waals surface area contributed by atoms with E-state index in [9.17, 15) is 18.3 Å². The number of para-hydroxylation sites is 1. The third-order valence-corrected chi connectivity index (χ3v) is 3.47. The van der Waals surface area contributed by atoms with E-state index in [0.717, 1.165) is 11.6 Å². The number of nitrogens with one attached hydrogen (secondary N) is 1. The third-order valence-electron chi connectivity index (χ3n) is 3.47. The molecule has 0 saturated heterocycles. The average molecular weight is 325 g/mol. The molecule has 2 aromatic rings. The molecule has 6 heteroatoms. The molecule has 2 aromatic carbocycles. The van der Waals surface area contributed by atoms with Crippen LogP contribution >= 0.6 is 0 Å². The number of rotatable bonds is 6. The molecule has 2 rings (SSSR count). The van der Waals surface area contributed by atoms with Crippen molar-refractivity contribution in [3.63, 3.8) is 0 Å². The van der Waals surface area contributed by atoms with E-state index in [1.807, 2.05) is 18.2 Å². The molecule has 1 unspecified atom stereocenters. The maximum absolute atomic E-state index is 12.9. The molecule has 0 bridgehead atoms. The Morgan fingerprint density at radius 2 is 1.74 bits per heavy atom. The van der Waals surface area contributed by atoms with Crippen LogP contribution in [-0.2, 0) is 12.7 Å². The number of hydrogen-bond donors (Lipinski definition) is 2. The maximum atomic E-state index is 12.9. The molecule has 3 nitrogen and oxygen atoms in total. The fraction of sp³-hybridized carbons (Fsp3) is 0.294. The van der Waals surface area contributed by atoms with Gasteiger partial charge in [0.15, 0.2) is 0 Å². The number of alkyl halides is 3. The number of halogens is 3. The highest BCUT2D eigenvalue weighted by atomic mass is 19.4.